The third-order valence-electron chi connectivity index (χ3n) is 3.93. The minimum absolute atomic E-state index is 0.00123. The van der Waals surface area contributed by atoms with Gasteiger partial charge in [0, 0.05) is 6.42 Å². The van der Waals surface area contributed by atoms with Gasteiger partial charge in [-0.3, -0.25) is 24.3 Å². The van der Waals surface area contributed by atoms with Crippen LogP contribution in [0.15, 0.2) is 56.7 Å². The van der Waals surface area contributed by atoms with Crippen molar-refractivity contribution in [3.05, 3.63) is 69.1 Å². The van der Waals surface area contributed by atoms with E-state index in [1.807, 2.05) is 0 Å². The Morgan fingerprint density at radius 1 is 1.00 bits per heavy atom. The summed E-state index contributed by atoms with van der Waals surface area (Å²) in [5.41, 5.74) is -0.780. The van der Waals surface area contributed by atoms with Gasteiger partial charge in [0.25, 0.3) is 11.1 Å². The SMILES string of the molecule is O=C(CCn1[nH]c(=O)c2ccccc2c1=O)NCC(=O)NCc1ccco1. The highest BCUT2D eigenvalue weighted by Gasteiger charge is 2.10. The fourth-order valence-electron chi connectivity index (χ4n) is 2.55. The van der Waals surface area contributed by atoms with Crippen LogP contribution in [0, 0.1) is 0 Å². The average molecular weight is 370 g/mol. The van der Waals surface area contributed by atoms with Crippen molar-refractivity contribution in [2.75, 3.05) is 6.54 Å². The van der Waals surface area contributed by atoms with Crippen LogP contribution in [-0.4, -0.2) is 28.1 Å². The van der Waals surface area contributed by atoms with Crippen LogP contribution in [0.3, 0.4) is 0 Å². The van der Waals surface area contributed by atoms with E-state index in [4.69, 9.17) is 4.42 Å². The molecule has 2 amide bonds. The minimum Gasteiger partial charge on any atom is -0.467 e. The Morgan fingerprint density at radius 2 is 1.78 bits per heavy atom. The summed E-state index contributed by atoms with van der Waals surface area (Å²) in [7, 11) is 0. The molecular weight excluding hydrogens is 352 g/mol. The number of amides is 2. The number of aromatic amines is 1. The third-order valence-corrected chi connectivity index (χ3v) is 3.93. The second-order valence-corrected chi connectivity index (χ2v) is 5.83. The van der Waals surface area contributed by atoms with Gasteiger partial charge in [-0.25, -0.2) is 4.68 Å². The molecule has 0 fully saturated rings. The molecule has 0 bridgehead atoms. The first kappa shape index (κ1) is 18.2. The second kappa shape index (κ2) is 8.17. The van der Waals surface area contributed by atoms with Gasteiger partial charge in [0.2, 0.25) is 11.8 Å². The number of aryl methyl sites for hydroxylation is 1. The standard InChI is InChI=1S/C18H18N4O5/c23-15(20-11-16(24)19-10-12-4-3-9-27-12)7-8-22-18(26)14-6-2-1-5-13(14)17(25)21-22/h1-6,9H,7-8,10-11H2,(H,19,24)(H,20,23)(H,21,25). The van der Waals surface area contributed by atoms with Gasteiger partial charge in [0.1, 0.15) is 5.76 Å². The average Bonchev–Trinajstić information content (AvgIpc) is 3.20. The fraction of sp³-hybridized carbons (Fsp3) is 0.222. The Balaban J connectivity index is 1.51. The number of H-pyrrole nitrogens is 1. The Morgan fingerprint density at radius 3 is 2.52 bits per heavy atom. The summed E-state index contributed by atoms with van der Waals surface area (Å²) in [4.78, 5) is 47.9. The molecule has 2 aromatic heterocycles. The molecule has 3 N–H and O–H groups in total. The number of nitrogens with one attached hydrogen (secondary N) is 3. The number of aromatic nitrogens is 2. The summed E-state index contributed by atoms with van der Waals surface area (Å²) in [6.07, 6.45) is 1.45. The first-order valence-electron chi connectivity index (χ1n) is 8.32. The molecule has 140 valence electrons. The van der Waals surface area contributed by atoms with Gasteiger partial charge >= 0.3 is 0 Å². The first-order valence-corrected chi connectivity index (χ1v) is 8.32. The number of nitrogens with zero attached hydrogens (tertiary/aromatic N) is 1. The van der Waals surface area contributed by atoms with Gasteiger partial charge in [-0.15, -0.1) is 0 Å². The normalized spacial score (nSPS) is 10.7. The summed E-state index contributed by atoms with van der Waals surface area (Å²) in [5.74, 6) is -0.172. The molecule has 0 unspecified atom stereocenters. The van der Waals surface area contributed by atoms with Crippen LogP contribution in [0.4, 0.5) is 0 Å². The van der Waals surface area contributed by atoms with Gasteiger partial charge in [-0.05, 0) is 24.3 Å². The Hall–Kier alpha value is -3.62. The van der Waals surface area contributed by atoms with Gasteiger partial charge in [-0.1, -0.05) is 12.1 Å². The molecule has 0 spiro atoms. The van der Waals surface area contributed by atoms with Crippen LogP contribution in [0.25, 0.3) is 10.8 Å². The topological polar surface area (TPSA) is 126 Å². The zero-order valence-corrected chi connectivity index (χ0v) is 14.4. The smallest absolute Gasteiger partial charge is 0.273 e. The Bertz CT molecular complexity index is 1070. The number of furan rings is 1. The van der Waals surface area contributed by atoms with Crippen molar-refractivity contribution < 1.29 is 14.0 Å². The maximum absolute atomic E-state index is 12.3. The van der Waals surface area contributed by atoms with E-state index in [0.29, 0.717) is 16.5 Å². The number of fused-ring (bicyclic) bond motifs is 1. The maximum Gasteiger partial charge on any atom is 0.273 e. The van der Waals surface area contributed by atoms with E-state index in [0.717, 1.165) is 4.68 Å². The summed E-state index contributed by atoms with van der Waals surface area (Å²) < 4.78 is 6.18. The number of carbonyl (C=O) groups excluding carboxylic acids is 2. The maximum atomic E-state index is 12.3. The first-order chi connectivity index (χ1) is 13.0. The summed E-state index contributed by atoms with van der Waals surface area (Å²) >= 11 is 0. The second-order valence-electron chi connectivity index (χ2n) is 5.83. The predicted octanol–water partition coefficient (Wildman–Crippen LogP) is 0.106. The Kier molecular flexibility index (Phi) is 5.50. The molecule has 0 atom stereocenters. The highest BCUT2D eigenvalue weighted by Crippen LogP contribution is 2.02. The monoisotopic (exact) mass is 370 g/mol. The van der Waals surface area contributed by atoms with Crippen molar-refractivity contribution in [3.8, 4) is 0 Å². The van der Waals surface area contributed by atoms with Crippen molar-refractivity contribution in [3.63, 3.8) is 0 Å². The largest absolute Gasteiger partial charge is 0.467 e. The summed E-state index contributed by atoms with van der Waals surface area (Å²) in [6, 6.07) is 9.90. The number of carbonyl (C=O) groups is 2. The van der Waals surface area contributed by atoms with E-state index < -0.39 is 11.5 Å². The lowest BCUT2D eigenvalue weighted by molar-refractivity contribution is -0.126. The van der Waals surface area contributed by atoms with Crippen LogP contribution >= 0.6 is 0 Å². The lowest BCUT2D eigenvalue weighted by Crippen LogP contribution is -2.37. The minimum atomic E-state index is -0.413. The van der Waals surface area contributed by atoms with Gasteiger partial charge < -0.3 is 15.1 Å². The molecule has 0 saturated carbocycles. The van der Waals surface area contributed by atoms with E-state index in [2.05, 4.69) is 15.7 Å². The number of hydrogen-bond acceptors (Lipinski definition) is 5. The zero-order valence-electron chi connectivity index (χ0n) is 14.4. The van der Waals surface area contributed by atoms with Gasteiger partial charge in [0.05, 0.1) is 36.7 Å². The van der Waals surface area contributed by atoms with E-state index in [1.54, 1.807) is 36.4 Å². The van der Waals surface area contributed by atoms with Gasteiger partial charge in [-0.2, -0.15) is 0 Å². The number of hydrogen-bond donors (Lipinski definition) is 3. The molecule has 0 saturated heterocycles. The van der Waals surface area contributed by atoms with Crippen LogP contribution in [-0.2, 0) is 22.7 Å². The van der Waals surface area contributed by atoms with E-state index in [9.17, 15) is 19.2 Å². The highest BCUT2D eigenvalue weighted by atomic mass is 16.3. The van der Waals surface area contributed by atoms with Crippen LogP contribution in [0.5, 0.6) is 0 Å². The summed E-state index contributed by atoms with van der Waals surface area (Å²) in [6.45, 7) is 0.0386. The number of rotatable bonds is 7. The van der Waals surface area contributed by atoms with Crippen LogP contribution in [0.2, 0.25) is 0 Å². The van der Waals surface area contributed by atoms with Crippen molar-refractivity contribution in [1.82, 2.24) is 20.4 Å². The molecule has 0 radical (unpaired) electrons. The van der Waals surface area contributed by atoms with Crippen molar-refractivity contribution in [1.29, 1.82) is 0 Å². The Labute approximate surface area is 153 Å². The summed E-state index contributed by atoms with van der Waals surface area (Å²) in [5, 5.41) is 8.11. The van der Waals surface area contributed by atoms with Crippen molar-refractivity contribution >= 4 is 22.6 Å². The predicted molar refractivity (Wildman–Crippen MR) is 97.0 cm³/mol. The fourth-order valence-corrected chi connectivity index (χ4v) is 2.55. The van der Waals surface area contributed by atoms with Crippen LogP contribution in [0.1, 0.15) is 12.2 Å². The van der Waals surface area contributed by atoms with E-state index in [1.165, 1.54) is 6.26 Å². The molecule has 1 aromatic carbocycles. The lowest BCUT2D eigenvalue weighted by atomic mass is 10.2. The molecule has 0 aliphatic carbocycles. The molecular formula is C18H18N4O5. The zero-order chi connectivity index (χ0) is 19.2. The molecule has 27 heavy (non-hydrogen) atoms. The lowest BCUT2D eigenvalue weighted by Gasteiger charge is -2.08. The van der Waals surface area contributed by atoms with Crippen molar-refractivity contribution in [2.45, 2.75) is 19.5 Å². The van der Waals surface area contributed by atoms with Crippen molar-refractivity contribution in [2.24, 2.45) is 0 Å². The molecule has 0 aliphatic heterocycles. The molecule has 0 aliphatic rings. The van der Waals surface area contributed by atoms with Gasteiger partial charge in [0.15, 0.2) is 0 Å². The number of benzene rings is 1. The molecule has 2 heterocycles. The molecule has 3 aromatic rings. The van der Waals surface area contributed by atoms with Crippen LogP contribution < -0.4 is 21.8 Å². The van der Waals surface area contributed by atoms with E-state index in [-0.39, 0.29) is 37.5 Å². The quantitative estimate of drug-likeness (QED) is 0.544. The molecule has 9 heteroatoms. The third kappa shape index (κ3) is 4.51. The van der Waals surface area contributed by atoms with E-state index >= 15 is 0 Å². The highest BCUT2D eigenvalue weighted by molar-refractivity contribution is 5.84. The molecule has 3 rings (SSSR count). The molecule has 9 nitrogen and oxygen atoms in total.